The molecule has 3 heterocycles. The first kappa shape index (κ1) is 36.5. The Bertz CT molecular complexity index is 3910. The van der Waals surface area contributed by atoms with Crippen LogP contribution in [0.2, 0.25) is 0 Å². The monoisotopic (exact) mass is 844 g/mol. The Labute approximate surface area is 381 Å². The maximum Gasteiger partial charge on any atom is 0.0623 e. The molecule has 65 heavy (non-hydrogen) atoms. The lowest BCUT2D eigenvalue weighted by molar-refractivity contribution is 0.714. The Morgan fingerprint density at radius 1 is 0.431 bits per heavy atom. The van der Waals surface area contributed by atoms with Crippen molar-refractivity contribution in [1.29, 1.82) is 0 Å². The van der Waals surface area contributed by atoms with E-state index >= 15 is 0 Å². The molecule has 2 aliphatic rings. The van der Waals surface area contributed by atoms with Crippen LogP contribution in [0.25, 0.3) is 92.2 Å². The Morgan fingerprint density at radius 2 is 1.06 bits per heavy atom. The molecule has 1 atom stereocenters. The second kappa shape index (κ2) is 13.8. The summed E-state index contributed by atoms with van der Waals surface area (Å²) in [7, 11) is 0. The molecule has 3 heteroatoms. The number of fused-ring (bicyclic) bond motifs is 9. The van der Waals surface area contributed by atoms with Gasteiger partial charge >= 0.3 is 0 Å². The van der Waals surface area contributed by atoms with Crippen molar-refractivity contribution in [1.82, 2.24) is 4.57 Å². The molecule has 2 nitrogen and oxygen atoms in total. The fraction of sp³-hybridized carbons (Fsp3) is 0.0323. The van der Waals surface area contributed by atoms with E-state index in [0.29, 0.717) is 0 Å². The lowest BCUT2D eigenvalue weighted by Crippen LogP contribution is -2.22. The molecule has 0 spiro atoms. The molecule has 304 valence electrons. The van der Waals surface area contributed by atoms with Crippen LogP contribution in [0.5, 0.6) is 0 Å². The predicted molar refractivity (Wildman–Crippen MR) is 276 cm³/mol. The van der Waals surface area contributed by atoms with E-state index in [1.807, 2.05) is 11.3 Å². The second-order valence-corrected chi connectivity index (χ2v) is 18.8. The van der Waals surface area contributed by atoms with E-state index in [4.69, 9.17) is 0 Å². The molecular formula is C62H40N2S. The summed E-state index contributed by atoms with van der Waals surface area (Å²) in [6, 6.07) is 83.5. The largest absolute Gasteiger partial charge is 0.310 e. The lowest BCUT2D eigenvalue weighted by Gasteiger charge is -2.29. The number of anilines is 3. The molecule has 1 unspecified atom stereocenters. The van der Waals surface area contributed by atoms with Gasteiger partial charge in [0.05, 0.1) is 22.4 Å². The van der Waals surface area contributed by atoms with Gasteiger partial charge < -0.3 is 9.47 Å². The van der Waals surface area contributed by atoms with E-state index in [9.17, 15) is 0 Å². The summed E-state index contributed by atoms with van der Waals surface area (Å²) in [6.07, 6.45) is 0. The van der Waals surface area contributed by atoms with Gasteiger partial charge in [-0.15, -0.1) is 11.3 Å². The van der Waals surface area contributed by atoms with Gasteiger partial charge in [0.2, 0.25) is 0 Å². The molecule has 0 saturated carbocycles. The average Bonchev–Trinajstić information content (AvgIpc) is 3.98. The summed E-state index contributed by atoms with van der Waals surface area (Å²) in [5.74, 6) is 0. The molecule has 0 N–H and O–H groups in total. The van der Waals surface area contributed by atoms with E-state index < -0.39 is 0 Å². The molecule has 0 amide bonds. The molecule has 1 aliphatic heterocycles. The van der Waals surface area contributed by atoms with Crippen LogP contribution in [0.1, 0.15) is 23.6 Å². The van der Waals surface area contributed by atoms with E-state index in [2.05, 4.69) is 241 Å². The van der Waals surface area contributed by atoms with Crippen LogP contribution < -0.4 is 4.90 Å². The average molecular weight is 845 g/mol. The van der Waals surface area contributed by atoms with E-state index in [0.717, 1.165) is 11.4 Å². The Balaban J connectivity index is 1.03. The predicted octanol–water partition coefficient (Wildman–Crippen LogP) is 17.3. The molecule has 12 aromatic rings. The minimum atomic E-state index is -0.307. The zero-order valence-corrected chi connectivity index (χ0v) is 36.5. The van der Waals surface area contributed by atoms with Crippen molar-refractivity contribution in [3.63, 3.8) is 0 Å². The highest BCUT2D eigenvalue weighted by Crippen LogP contribution is 2.60. The zero-order valence-electron chi connectivity index (χ0n) is 35.7. The molecule has 14 rings (SSSR count). The highest BCUT2D eigenvalue weighted by molar-refractivity contribution is 7.26. The molecule has 0 bridgehead atoms. The van der Waals surface area contributed by atoms with E-state index in [-0.39, 0.29) is 5.41 Å². The summed E-state index contributed by atoms with van der Waals surface area (Å²) in [6.45, 7) is 2.43. The number of benzene rings is 10. The minimum Gasteiger partial charge on any atom is -0.310 e. The van der Waals surface area contributed by atoms with E-state index in [1.54, 1.807) is 0 Å². The number of hydrogen-bond acceptors (Lipinski definition) is 2. The van der Waals surface area contributed by atoms with Crippen LogP contribution in [0.3, 0.4) is 0 Å². The van der Waals surface area contributed by atoms with Crippen molar-refractivity contribution < 1.29 is 0 Å². The van der Waals surface area contributed by atoms with Gasteiger partial charge in [0.15, 0.2) is 0 Å². The van der Waals surface area contributed by atoms with Crippen molar-refractivity contribution in [3.05, 3.63) is 241 Å². The summed E-state index contributed by atoms with van der Waals surface area (Å²) < 4.78 is 5.16. The number of hydrogen-bond donors (Lipinski definition) is 0. The van der Waals surface area contributed by atoms with Crippen molar-refractivity contribution in [3.8, 4) is 50.2 Å². The van der Waals surface area contributed by atoms with Crippen molar-refractivity contribution in [2.75, 3.05) is 4.90 Å². The van der Waals surface area contributed by atoms with Gasteiger partial charge in [0.1, 0.15) is 0 Å². The highest BCUT2D eigenvalue weighted by atomic mass is 32.1. The van der Waals surface area contributed by atoms with Crippen LogP contribution in [-0.2, 0) is 5.41 Å². The molecular weight excluding hydrogens is 805 g/mol. The number of nitrogens with zero attached hydrogens (tertiary/aromatic N) is 2. The van der Waals surface area contributed by atoms with Crippen molar-refractivity contribution in [2.45, 2.75) is 12.3 Å². The Morgan fingerprint density at radius 3 is 1.92 bits per heavy atom. The number of para-hydroxylation sites is 1. The Kier molecular flexibility index (Phi) is 7.73. The third kappa shape index (κ3) is 5.10. The van der Waals surface area contributed by atoms with Crippen LogP contribution >= 0.6 is 11.3 Å². The van der Waals surface area contributed by atoms with Gasteiger partial charge in [0, 0.05) is 58.9 Å². The van der Waals surface area contributed by atoms with Crippen LogP contribution in [0.15, 0.2) is 224 Å². The number of rotatable bonds is 6. The maximum atomic E-state index is 2.58. The second-order valence-electron chi connectivity index (χ2n) is 17.7. The van der Waals surface area contributed by atoms with E-state index in [1.165, 1.54) is 115 Å². The van der Waals surface area contributed by atoms with Gasteiger partial charge in [-0.2, -0.15) is 0 Å². The van der Waals surface area contributed by atoms with Crippen LogP contribution in [0, 0.1) is 0 Å². The van der Waals surface area contributed by atoms with Gasteiger partial charge in [-0.3, -0.25) is 0 Å². The van der Waals surface area contributed by atoms with Crippen molar-refractivity contribution >= 4 is 70.4 Å². The first-order valence-corrected chi connectivity index (χ1v) is 23.3. The third-order valence-electron chi connectivity index (χ3n) is 14.4. The van der Waals surface area contributed by atoms with Crippen LogP contribution in [0.4, 0.5) is 17.1 Å². The first-order valence-electron chi connectivity index (χ1n) is 22.5. The summed E-state index contributed by atoms with van der Waals surface area (Å²) in [5.41, 5.74) is 20.9. The normalized spacial score (nSPS) is 14.6. The SMILES string of the molecule is CC1(c2ccccc2)c2cccc3c2-c2c1ccc1c4c(-c5cccc(N(c6cccc(-c7ccccc7)c6)c6cccc7sc8ccccc8c67)c5)cccc4n(c21)-c1ccccc1-3. The maximum absolute atomic E-state index is 2.58. The minimum absolute atomic E-state index is 0.307. The summed E-state index contributed by atoms with van der Waals surface area (Å²) >= 11 is 1.86. The quantitative estimate of drug-likeness (QED) is 0.162. The van der Waals surface area contributed by atoms with Gasteiger partial charge in [0.25, 0.3) is 0 Å². The fourth-order valence-corrected chi connectivity index (χ4v) is 12.7. The summed E-state index contributed by atoms with van der Waals surface area (Å²) in [4.78, 5) is 2.48. The molecule has 2 aromatic heterocycles. The number of aromatic nitrogens is 1. The molecule has 1 aliphatic carbocycles. The molecule has 0 radical (unpaired) electrons. The lowest BCUT2D eigenvalue weighted by atomic mass is 9.74. The first-order chi connectivity index (χ1) is 32.1. The van der Waals surface area contributed by atoms with Gasteiger partial charge in [-0.05, 0) is 112 Å². The Hall–Kier alpha value is -7.98. The van der Waals surface area contributed by atoms with Gasteiger partial charge in [-0.1, -0.05) is 170 Å². The molecule has 10 aromatic carbocycles. The number of thiophene rings is 1. The van der Waals surface area contributed by atoms with Gasteiger partial charge in [-0.25, -0.2) is 0 Å². The smallest absolute Gasteiger partial charge is 0.0623 e. The van der Waals surface area contributed by atoms with Crippen molar-refractivity contribution in [2.24, 2.45) is 0 Å². The summed E-state index contributed by atoms with van der Waals surface area (Å²) in [5, 5.41) is 5.10. The zero-order chi connectivity index (χ0) is 42.8. The highest BCUT2D eigenvalue weighted by Gasteiger charge is 2.44. The fourth-order valence-electron chi connectivity index (χ4n) is 11.5. The molecule has 0 saturated heterocycles. The standard InChI is InChI=1S/C62H40N2S/c1-62(42-21-6-3-7-22-42)50-29-14-28-47-46-25-8-10-30-52(46)64-53-31-15-27-45(57(53)49-35-36-51(62)60(58(47)50)61(49)64)41-20-13-24-44(38-41)63(43-23-12-19-40(37-43)39-17-4-2-5-18-39)54-32-16-34-56-59(54)48-26-9-11-33-55(48)65-56/h2-38H,1H3. The van der Waals surface area contributed by atoms with Crippen LogP contribution in [-0.4, -0.2) is 4.57 Å². The third-order valence-corrected chi connectivity index (χ3v) is 15.5. The molecule has 0 fully saturated rings. The topological polar surface area (TPSA) is 8.17 Å².